The van der Waals surface area contributed by atoms with Crippen LogP contribution in [-0.4, -0.2) is 33.8 Å². The minimum Gasteiger partial charge on any atom is -0.305 e. The number of carbonyl (C=O) groups is 1. The van der Waals surface area contributed by atoms with Crippen molar-refractivity contribution in [1.82, 2.24) is 19.5 Å². The molecule has 4 rings (SSSR count). The highest BCUT2D eigenvalue weighted by Gasteiger charge is 2.48. The minimum atomic E-state index is -4.31. The lowest BCUT2D eigenvalue weighted by Crippen LogP contribution is -2.40. The van der Waals surface area contributed by atoms with Gasteiger partial charge in [0.1, 0.15) is 11.6 Å². The molecule has 0 bridgehead atoms. The molecule has 162 valence electrons. The van der Waals surface area contributed by atoms with Gasteiger partial charge in [-0.3, -0.25) is 9.89 Å². The van der Waals surface area contributed by atoms with Gasteiger partial charge in [-0.2, -0.15) is 13.8 Å². The Morgan fingerprint density at radius 1 is 1.19 bits per heavy atom. The Morgan fingerprint density at radius 2 is 1.87 bits per heavy atom. The third-order valence-electron chi connectivity index (χ3n) is 5.06. The van der Waals surface area contributed by atoms with Gasteiger partial charge >= 0.3 is 0 Å². The van der Waals surface area contributed by atoms with Gasteiger partial charge in [0.15, 0.2) is 5.82 Å². The van der Waals surface area contributed by atoms with E-state index in [0.717, 1.165) is 16.4 Å². The summed E-state index contributed by atoms with van der Waals surface area (Å²) in [5.74, 6) is -3.82. The third-order valence-corrected chi connectivity index (χ3v) is 7.06. The maximum Gasteiger partial charge on any atom is 0.261 e. The molecule has 0 saturated heterocycles. The molecule has 0 aliphatic carbocycles. The first-order valence-corrected chi connectivity index (χ1v) is 10.4. The molecule has 1 amide bonds. The van der Waals surface area contributed by atoms with E-state index in [0.29, 0.717) is 17.3 Å². The number of nitrogens with one attached hydrogen (secondary N) is 2. The van der Waals surface area contributed by atoms with Crippen LogP contribution < -0.4 is 5.32 Å². The van der Waals surface area contributed by atoms with Gasteiger partial charge < -0.3 is 5.32 Å². The normalized spacial score (nSPS) is 15.6. The van der Waals surface area contributed by atoms with Crippen LogP contribution in [-0.2, 0) is 22.1 Å². The number of anilines is 1. The number of rotatable bonds is 4. The average molecular weight is 451 g/mol. The maximum absolute atomic E-state index is 13.8. The number of benzene rings is 1. The maximum atomic E-state index is 13.8. The molecule has 2 aromatic heterocycles. The van der Waals surface area contributed by atoms with Gasteiger partial charge in [0.05, 0.1) is 21.7 Å². The summed E-state index contributed by atoms with van der Waals surface area (Å²) in [6, 6.07) is 4.67. The van der Waals surface area contributed by atoms with Gasteiger partial charge in [0.2, 0.25) is 16.0 Å². The molecule has 0 spiro atoms. The Bertz CT molecular complexity index is 1290. The Balaban J connectivity index is 1.68. The number of fused-ring (bicyclic) bond motifs is 1. The highest BCUT2D eigenvalue weighted by Crippen LogP contribution is 2.43. The van der Waals surface area contributed by atoms with Crippen LogP contribution >= 0.6 is 0 Å². The van der Waals surface area contributed by atoms with E-state index in [4.69, 9.17) is 0 Å². The predicted octanol–water partition coefficient (Wildman–Crippen LogP) is 2.91. The number of H-pyrrole nitrogens is 1. The SMILES string of the molecule is CC1(C)c2[nH]nc(NC(=O)c3cccnc3F)c2CN1S(=O)(=O)c1cc(F)cc(F)c1. The summed E-state index contributed by atoms with van der Waals surface area (Å²) in [4.78, 5) is 15.3. The first kappa shape index (κ1) is 21.0. The summed E-state index contributed by atoms with van der Waals surface area (Å²) in [6.07, 6.45) is 1.19. The summed E-state index contributed by atoms with van der Waals surface area (Å²) >= 11 is 0. The van der Waals surface area contributed by atoms with Crippen molar-refractivity contribution in [2.75, 3.05) is 5.32 Å². The average Bonchev–Trinajstić information content (AvgIpc) is 3.20. The summed E-state index contributed by atoms with van der Waals surface area (Å²) in [5.41, 5.74) is -0.749. The van der Waals surface area contributed by atoms with Crippen molar-refractivity contribution < 1.29 is 26.4 Å². The molecule has 0 saturated carbocycles. The van der Waals surface area contributed by atoms with Crippen LogP contribution in [0.4, 0.5) is 19.0 Å². The number of sulfonamides is 1. The van der Waals surface area contributed by atoms with E-state index < -0.39 is 43.9 Å². The largest absolute Gasteiger partial charge is 0.305 e. The topological polar surface area (TPSA) is 108 Å². The standard InChI is InChI=1S/C19H16F3N5O3S/c1-19(2)15-14(9-27(19)31(29,30)12-7-10(20)6-11(21)8-12)17(26-25-15)24-18(28)13-4-3-5-23-16(13)22/h3-8H,9H2,1-2H3,(H2,24,25,26,28). The van der Waals surface area contributed by atoms with E-state index in [1.54, 1.807) is 13.8 Å². The van der Waals surface area contributed by atoms with E-state index in [2.05, 4.69) is 20.5 Å². The number of amides is 1. The molecule has 2 N–H and O–H groups in total. The van der Waals surface area contributed by atoms with Crippen LogP contribution in [0.15, 0.2) is 41.4 Å². The Labute approximate surface area is 175 Å². The first-order chi connectivity index (χ1) is 14.5. The zero-order valence-electron chi connectivity index (χ0n) is 16.3. The molecule has 3 heterocycles. The van der Waals surface area contributed by atoms with Crippen LogP contribution in [0.2, 0.25) is 0 Å². The molecular formula is C19H16F3N5O3S. The van der Waals surface area contributed by atoms with Gasteiger partial charge in [-0.05, 0) is 38.1 Å². The summed E-state index contributed by atoms with van der Waals surface area (Å²) < 4.78 is 68.3. The third kappa shape index (κ3) is 3.47. The van der Waals surface area contributed by atoms with E-state index in [9.17, 15) is 26.4 Å². The number of carbonyl (C=O) groups excluding carboxylic acids is 1. The smallest absolute Gasteiger partial charge is 0.261 e. The van der Waals surface area contributed by atoms with Gasteiger partial charge in [0.25, 0.3) is 5.91 Å². The van der Waals surface area contributed by atoms with Crippen molar-refractivity contribution in [1.29, 1.82) is 0 Å². The molecule has 0 fully saturated rings. The number of aromatic amines is 1. The van der Waals surface area contributed by atoms with E-state index in [1.807, 2.05) is 0 Å². The highest BCUT2D eigenvalue weighted by atomic mass is 32.2. The quantitative estimate of drug-likeness (QED) is 0.593. The number of halogens is 3. The molecule has 1 aliphatic rings. The zero-order valence-corrected chi connectivity index (χ0v) is 17.1. The van der Waals surface area contributed by atoms with Gasteiger partial charge in [-0.1, -0.05) is 0 Å². The lowest BCUT2D eigenvalue weighted by atomic mass is 10.0. The van der Waals surface area contributed by atoms with E-state index >= 15 is 0 Å². The highest BCUT2D eigenvalue weighted by molar-refractivity contribution is 7.89. The second kappa shape index (κ2) is 7.17. The molecule has 0 radical (unpaired) electrons. The summed E-state index contributed by atoms with van der Waals surface area (Å²) in [6.45, 7) is 2.93. The predicted molar refractivity (Wildman–Crippen MR) is 103 cm³/mol. The molecule has 31 heavy (non-hydrogen) atoms. The van der Waals surface area contributed by atoms with Gasteiger partial charge in [0, 0.05) is 24.4 Å². The molecule has 8 nitrogen and oxygen atoms in total. The molecule has 12 heteroatoms. The Morgan fingerprint density at radius 3 is 2.52 bits per heavy atom. The zero-order chi connectivity index (χ0) is 22.6. The van der Waals surface area contributed by atoms with Gasteiger partial charge in [-0.25, -0.2) is 22.2 Å². The molecular weight excluding hydrogens is 435 g/mol. The lowest BCUT2D eigenvalue weighted by Gasteiger charge is -2.30. The van der Waals surface area contributed by atoms with Crippen LogP contribution in [0.5, 0.6) is 0 Å². The molecule has 3 aromatic rings. The lowest BCUT2D eigenvalue weighted by molar-refractivity contribution is 0.102. The number of hydrogen-bond acceptors (Lipinski definition) is 5. The van der Waals surface area contributed by atoms with Gasteiger partial charge in [-0.15, -0.1) is 0 Å². The minimum absolute atomic E-state index is 0.0134. The van der Waals surface area contributed by atoms with Crippen molar-refractivity contribution in [3.8, 4) is 0 Å². The molecule has 1 aromatic carbocycles. The molecule has 1 aliphatic heterocycles. The fourth-order valence-electron chi connectivity index (χ4n) is 3.51. The number of hydrogen-bond donors (Lipinski definition) is 2. The van der Waals surface area contributed by atoms with E-state index in [-0.39, 0.29) is 17.9 Å². The fourth-order valence-corrected chi connectivity index (χ4v) is 5.28. The number of aromatic nitrogens is 3. The second-order valence-electron chi connectivity index (χ2n) is 7.40. The van der Waals surface area contributed by atoms with Crippen molar-refractivity contribution in [3.05, 3.63) is 70.9 Å². The first-order valence-electron chi connectivity index (χ1n) is 9.00. The second-order valence-corrected chi connectivity index (χ2v) is 9.26. The fraction of sp³-hybridized carbons (Fsp3) is 0.211. The van der Waals surface area contributed by atoms with Crippen LogP contribution in [0.25, 0.3) is 0 Å². The van der Waals surface area contributed by atoms with E-state index in [1.165, 1.54) is 18.3 Å². The van der Waals surface area contributed by atoms with Crippen molar-refractivity contribution in [3.63, 3.8) is 0 Å². The summed E-state index contributed by atoms with van der Waals surface area (Å²) in [5, 5.41) is 9.15. The summed E-state index contributed by atoms with van der Waals surface area (Å²) in [7, 11) is -4.31. The number of pyridine rings is 1. The van der Waals surface area contributed by atoms with Crippen molar-refractivity contribution in [2.24, 2.45) is 0 Å². The van der Waals surface area contributed by atoms with Crippen LogP contribution in [0, 0.1) is 17.6 Å². The number of nitrogens with zero attached hydrogens (tertiary/aromatic N) is 3. The monoisotopic (exact) mass is 451 g/mol. The van der Waals surface area contributed by atoms with Crippen molar-refractivity contribution in [2.45, 2.75) is 30.8 Å². The Kier molecular flexibility index (Phi) is 4.85. The van der Waals surface area contributed by atoms with Crippen LogP contribution in [0.3, 0.4) is 0 Å². The Hall–Kier alpha value is -3.25. The van der Waals surface area contributed by atoms with Crippen molar-refractivity contribution >= 4 is 21.7 Å². The van der Waals surface area contributed by atoms with Crippen LogP contribution in [0.1, 0.15) is 35.5 Å². The molecule has 0 atom stereocenters. The molecule has 0 unspecified atom stereocenters.